The van der Waals surface area contributed by atoms with Gasteiger partial charge in [0.05, 0.1) is 5.69 Å². The maximum absolute atomic E-state index is 6.09. The third kappa shape index (κ3) is 1.79. The number of anilines is 1. The van der Waals surface area contributed by atoms with E-state index in [0.29, 0.717) is 5.69 Å². The van der Waals surface area contributed by atoms with Crippen LogP contribution in [0.1, 0.15) is 12.2 Å². The van der Waals surface area contributed by atoms with Crippen molar-refractivity contribution in [3.05, 3.63) is 26.9 Å². The SMILES string of the molecule is Nc1c(Br)cc(Br)cc1-c1nnc2n1CCC2. The monoisotopic (exact) mass is 356 g/mol. The van der Waals surface area contributed by atoms with Crippen molar-refractivity contribution < 1.29 is 0 Å². The van der Waals surface area contributed by atoms with E-state index in [1.54, 1.807) is 0 Å². The zero-order chi connectivity index (χ0) is 12.0. The van der Waals surface area contributed by atoms with Gasteiger partial charge in [-0.25, -0.2) is 0 Å². The normalized spacial score (nSPS) is 14.0. The number of nitrogens with two attached hydrogens (primary N) is 1. The summed E-state index contributed by atoms with van der Waals surface area (Å²) in [6.07, 6.45) is 2.13. The molecule has 2 N–H and O–H groups in total. The lowest BCUT2D eigenvalue weighted by Crippen LogP contribution is -2.00. The fraction of sp³-hybridized carbons (Fsp3) is 0.273. The van der Waals surface area contributed by atoms with Gasteiger partial charge in [-0.15, -0.1) is 10.2 Å². The average Bonchev–Trinajstić information content (AvgIpc) is 2.85. The highest BCUT2D eigenvalue weighted by atomic mass is 79.9. The third-order valence-corrected chi connectivity index (χ3v) is 4.06. The molecule has 0 saturated heterocycles. The second kappa shape index (κ2) is 4.10. The summed E-state index contributed by atoms with van der Waals surface area (Å²) in [4.78, 5) is 0. The Labute approximate surface area is 115 Å². The maximum atomic E-state index is 6.09. The summed E-state index contributed by atoms with van der Waals surface area (Å²) < 4.78 is 3.99. The fourth-order valence-electron chi connectivity index (χ4n) is 2.12. The number of nitrogen functional groups attached to an aromatic ring is 1. The number of aryl methyl sites for hydroxylation is 1. The lowest BCUT2D eigenvalue weighted by molar-refractivity contribution is 0.749. The van der Waals surface area contributed by atoms with Crippen LogP contribution in [0.4, 0.5) is 5.69 Å². The number of hydrogen-bond acceptors (Lipinski definition) is 3. The lowest BCUT2D eigenvalue weighted by Gasteiger charge is -2.08. The van der Waals surface area contributed by atoms with Gasteiger partial charge in [-0.05, 0) is 34.5 Å². The first-order valence-corrected chi connectivity index (χ1v) is 6.92. The van der Waals surface area contributed by atoms with Gasteiger partial charge in [0.25, 0.3) is 0 Å². The van der Waals surface area contributed by atoms with E-state index in [-0.39, 0.29) is 0 Å². The first-order valence-electron chi connectivity index (χ1n) is 5.34. The number of benzene rings is 1. The van der Waals surface area contributed by atoms with E-state index in [1.807, 2.05) is 12.1 Å². The van der Waals surface area contributed by atoms with E-state index >= 15 is 0 Å². The van der Waals surface area contributed by atoms with Crippen LogP contribution in [0.3, 0.4) is 0 Å². The van der Waals surface area contributed by atoms with E-state index in [9.17, 15) is 0 Å². The van der Waals surface area contributed by atoms with Crippen LogP contribution in [0.15, 0.2) is 21.1 Å². The largest absolute Gasteiger partial charge is 0.397 e. The molecule has 1 aliphatic rings. The van der Waals surface area contributed by atoms with Crippen molar-refractivity contribution >= 4 is 37.5 Å². The van der Waals surface area contributed by atoms with Crippen LogP contribution in [-0.2, 0) is 13.0 Å². The van der Waals surface area contributed by atoms with Crippen molar-refractivity contribution in [2.24, 2.45) is 0 Å². The van der Waals surface area contributed by atoms with Crippen LogP contribution >= 0.6 is 31.9 Å². The standard InChI is InChI=1S/C11H10Br2N4/c12-6-4-7(10(14)8(13)5-6)11-16-15-9-2-1-3-17(9)11/h4-5H,1-3,14H2. The zero-order valence-corrected chi connectivity index (χ0v) is 12.1. The van der Waals surface area contributed by atoms with Gasteiger partial charge in [0, 0.05) is 27.5 Å². The highest BCUT2D eigenvalue weighted by Crippen LogP contribution is 2.35. The highest BCUT2D eigenvalue weighted by molar-refractivity contribution is 9.11. The molecule has 2 heterocycles. The fourth-order valence-corrected chi connectivity index (χ4v) is 3.34. The maximum Gasteiger partial charge on any atom is 0.166 e. The van der Waals surface area contributed by atoms with E-state index in [4.69, 9.17) is 5.73 Å². The Kier molecular flexibility index (Phi) is 2.71. The summed E-state index contributed by atoms with van der Waals surface area (Å²) in [6.45, 7) is 0.973. The average molecular weight is 358 g/mol. The summed E-state index contributed by atoms with van der Waals surface area (Å²) in [7, 11) is 0. The minimum Gasteiger partial charge on any atom is -0.397 e. The molecule has 0 amide bonds. The van der Waals surface area contributed by atoms with Crippen LogP contribution in [0, 0.1) is 0 Å². The Morgan fingerprint density at radius 2 is 2.06 bits per heavy atom. The van der Waals surface area contributed by atoms with Crippen LogP contribution < -0.4 is 5.73 Å². The second-order valence-corrected chi connectivity index (χ2v) is 5.81. The molecule has 0 aliphatic carbocycles. The molecule has 0 spiro atoms. The molecule has 0 bridgehead atoms. The molecule has 1 aliphatic heterocycles. The minimum atomic E-state index is 0.704. The van der Waals surface area contributed by atoms with E-state index in [1.165, 1.54) is 0 Å². The van der Waals surface area contributed by atoms with Crippen molar-refractivity contribution in [2.45, 2.75) is 19.4 Å². The topological polar surface area (TPSA) is 56.7 Å². The third-order valence-electron chi connectivity index (χ3n) is 2.94. The number of hydrogen-bond donors (Lipinski definition) is 1. The van der Waals surface area contributed by atoms with Crippen molar-refractivity contribution in [1.29, 1.82) is 0 Å². The number of fused-ring (bicyclic) bond motifs is 1. The van der Waals surface area contributed by atoms with Gasteiger partial charge in [0.1, 0.15) is 5.82 Å². The first-order chi connectivity index (χ1) is 8.16. The predicted octanol–water partition coefficient (Wildman–Crippen LogP) is 3.00. The minimum absolute atomic E-state index is 0.704. The van der Waals surface area contributed by atoms with Gasteiger partial charge in [-0.1, -0.05) is 15.9 Å². The molecule has 1 aromatic carbocycles. The van der Waals surface area contributed by atoms with Crippen molar-refractivity contribution in [3.8, 4) is 11.4 Å². The molecule has 0 fully saturated rings. The number of rotatable bonds is 1. The molecule has 88 valence electrons. The van der Waals surface area contributed by atoms with Crippen molar-refractivity contribution in [1.82, 2.24) is 14.8 Å². The molecule has 0 atom stereocenters. The Morgan fingerprint density at radius 3 is 2.88 bits per heavy atom. The quantitative estimate of drug-likeness (QED) is 0.798. The van der Waals surface area contributed by atoms with Crippen LogP contribution in [0.5, 0.6) is 0 Å². The Hall–Kier alpha value is -0.880. The van der Waals surface area contributed by atoms with Crippen LogP contribution in [-0.4, -0.2) is 14.8 Å². The molecule has 6 heteroatoms. The molecular formula is C11H10Br2N4. The molecule has 17 heavy (non-hydrogen) atoms. The molecule has 3 rings (SSSR count). The molecule has 1 aromatic heterocycles. The van der Waals surface area contributed by atoms with Crippen molar-refractivity contribution in [2.75, 3.05) is 5.73 Å². The zero-order valence-electron chi connectivity index (χ0n) is 8.95. The molecule has 0 saturated carbocycles. The van der Waals surface area contributed by atoms with E-state index < -0.39 is 0 Å². The van der Waals surface area contributed by atoms with E-state index in [0.717, 1.165) is 45.5 Å². The lowest BCUT2D eigenvalue weighted by atomic mass is 10.1. The van der Waals surface area contributed by atoms with Crippen molar-refractivity contribution in [3.63, 3.8) is 0 Å². The second-order valence-electron chi connectivity index (χ2n) is 4.04. The number of halogens is 2. The molecular weight excluding hydrogens is 348 g/mol. The highest BCUT2D eigenvalue weighted by Gasteiger charge is 2.20. The predicted molar refractivity (Wildman–Crippen MR) is 73.6 cm³/mol. The van der Waals surface area contributed by atoms with Gasteiger partial charge in [-0.2, -0.15) is 0 Å². The van der Waals surface area contributed by atoms with Crippen LogP contribution in [0.25, 0.3) is 11.4 Å². The van der Waals surface area contributed by atoms with Gasteiger partial charge < -0.3 is 10.3 Å². The molecule has 0 unspecified atom stereocenters. The van der Waals surface area contributed by atoms with Crippen LogP contribution in [0.2, 0.25) is 0 Å². The Morgan fingerprint density at radius 1 is 1.24 bits per heavy atom. The summed E-state index contributed by atoms with van der Waals surface area (Å²) in [6, 6.07) is 3.91. The number of nitrogens with zero attached hydrogens (tertiary/aromatic N) is 3. The van der Waals surface area contributed by atoms with E-state index in [2.05, 4.69) is 46.6 Å². The molecule has 2 aromatic rings. The van der Waals surface area contributed by atoms with Gasteiger partial charge in [0.2, 0.25) is 0 Å². The van der Waals surface area contributed by atoms with Gasteiger partial charge in [-0.3, -0.25) is 0 Å². The first kappa shape index (κ1) is 11.2. The van der Waals surface area contributed by atoms with Gasteiger partial charge >= 0.3 is 0 Å². The summed E-state index contributed by atoms with van der Waals surface area (Å²) in [5, 5.41) is 8.44. The number of aromatic nitrogens is 3. The molecule has 0 radical (unpaired) electrons. The summed E-state index contributed by atoms with van der Waals surface area (Å²) >= 11 is 6.92. The smallest absolute Gasteiger partial charge is 0.166 e. The summed E-state index contributed by atoms with van der Waals surface area (Å²) in [5.41, 5.74) is 7.71. The Bertz CT molecular complexity index is 591. The Balaban J connectivity index is 2.21. The molecule has 4 nitrogen and oxygen atoms in total. The summed E-state index contributed by atoms with van der Waals surface area (Å²) in [5.74, 6) is 1.91. The van der Waals surface area contributed by atoms with Gasteiger partial charge in [0.15, 0.2) is 5.82 Å².